The minimum atomic E-state index is -0.299. The van der Waals surface area contributed by atoms with Crippen LogP contribution in [0.4, 0.5) is 22.7 Å². The summed E-state index contributed by atoms with van der Waals surface area (Å²) in [7, 11) is 7.97. The van der Waals surface area contributed by atoms with Crippen LogP contribution in [0.15, 0.2) is 48.5 Å². The highest BCUT2D eigenvalue weighted by Crippen LogP contribution is 2.41. The third-order valence-electron chi connectivity index (χ3n) is 5.26. The summed E-state index contributed by atoms with van der Waals surface area (Å²) in [6.45, 7) is 0. The largest absolute Gasteiger partial charge is 0.346 e. The van der Waals surface area contributed by atoms with E-state index in [1.165, 1.54) is 0 Å². The summed E-state index contributed by atoms with van der Waals surface area (Å²) in [6.07, 6.45) is -0.599. The van der Waals surface area contributed by atoms with Crippen LogP contribution in [-0.2, 0) is 4.79 Å². The molecule has 2 aliphatic heterocycles. The predicted molar refractivity (Wildman–Crippen MR) is 99.1 cm³/mol. The first-order chi connectivity index (χ1) is 11.5. The summed E-state index contributed by atoms with van der Waals surface area (Å²) in [5, 5.41) is 0. The van der Waals surface area contributed by atoms with Crippen molar-refractivity contribution >= 4 is 28.5 Å². The highest BCUT2D eigenvalue weighted by molar-refractivity contribution is 6.04. The molecule has 0 saturated heterocycles. The van der Waals surface area contributed by atoms with Gasteiger partial charge in [-0.2, -0.15) is 0 Å². The summed E-state index contributed by atoms with van der Waals surface area (Å²) in [5.41, 5.74) is 4.39. The monoisotopic (exact) mass is 322 g/mol. The summed E-state index contributed by atoms with van der Waals surface area (Å²) in [5.74, 6) is 0.178. The quantitative estimate of drug-likeness (QED) is 0.847. The summed E-state index contributed by atoms with van der Waals surface area (Å²) >= 11 is 0. The summed E-state index contributed by atoms with van der Waals surface area (Å²) < 4.78 is 0. The smallest absolute Gasteiger partial charge is 0.218 e. The molecule has 5 nitrogen and oxygen atoms in total. The van der Waals surface area contributed by atoms with Crippen molar-refractivity contribution in [2.24, 2.45) is 0 Å². The van der Waals surface area contributed by atoms with E-state index in [0.29, 0.717) is 0 Å². The van der Waals surface area contributed by atoms with E-state index in [4.69, 9.17) is 0 Å². The Morgan fingerprint density at radius 3 is 1.12 bits per heavy atom. The van der Waals surface area contributed by atoms with Crippen molar-refractivity contribution in [1.82, 2.24) is 0 Å². The van der Waals surface area contributed by atoms with Crippen LogP contribution in [0.1, 0.15) is 0 Å². The van der Waals surface area contributed by atoms with Gasteiger partial charge in [0.15, 0.2) is 12.3 Å². The first-order valence-electron chi connectivity index (χ1n) is 8.15. The van der Waals surface area contributed by atoms with Crippen LogP contribution in [0.5, 0.6) is 0 Å². The third kappa shape index (κ3) is 1.84. The van der Waals surface area contributed by atoms with Crippen LogP contribution in [-0.4, -0.2) is 46.3 Å². The standard InChI is InChI=1S/C19H22N4O/c1-20-13-9-5-6-10-14(13)21(2)18(20)17(24)19-22(3)15-11-7-8-12-16(15)23(19)4/h5-12,18-19H,1-4H3. The molecule has 2 aromatic rings. The molecule has 4 rings (SSSR count). The molecule has 0 spiro atoms. The van der Waals surface area contributed by atoms with E-state index in [1.807, 2.05) is 52.5 Å². The third-order valence-corrected chi connectivity index (χ3v) is 5.26. The number of carbonyl (C=O) groups excluding carboxylic acids is 1. The molecule has 0 radical (unpaired) electrons. The van der Waals surface area contributed by atoms with Gasteiger partial charge >= 0.3 is 0 Å². The molecule has 0 fully saturated rings. The zero-order chi connectivity index (χ0) is 17.0. The lowest BCUT2D eigenvalue weighted by Gasteiger charge is -2.34. The molecule has 0 saturated carbocycles. The molecule has 0 aliphatic carbocycles. The van der Waals surface area contributed by atoms with E-state index in [2.05, 4.69) is 43.9 Å². The minimum Gasteiger partial charge on any atom is -0.346 e. The van der Waals surface area contributed by atoms with Crippen molar-refractivity contribution in [2.75, 3.05) is 47.8 Å². The fourth-order valence-electron chi connectivity index (χ4n) is 4.06. The number of carbonyl (C=O) groups is 1. The van der Waals surface area contributed by atoms with Crippen molar-refractivity contribution in [3.63, 3.8) is 0 Å². The Bertz CT molecular complexity index is 682. The highest BCUT2D eigenvalue weighted by atomic mass is 16.1. The molecule has 0 unspecified atom stereocenters. The normalized spacial score (nSPS) is 17.5. The van der Waals surface area contributed by atoms with E-state index < -0.39 is 0 Å². The van der Waals surface area contributed by atoms with Gasteiger partial charge in [-0.1, -0.05) is 24.3 Å². The van der Waals surface area contributed by atoms with Gasteiger partial charge in [-0.05, 0) is 24.3 Å². The second-order valence-electron chi connectivity index (χ2n) is 6.57. The number of para-hydroxylation sites is 4. The maximum absolute atomic E-state index is 13.5. The number of fused-ring (bicyclic) bond motifs is 2. The SMILES string of the molecule is CN1c2ccccc2N(C)C1C(=O)C1N(C)c2ccccc2N1C. The molecule has 0 aromatic heterocycles. The summed E-state index contributed by atoms with van der Waals surface area (Å²) in [4.78, 5) is 21.7. The highest BCUT2D eigenvalue weighted by Gasteiger charge is 2.45. The van der Waals surface area contributed by atoms with Gasteiger partial charge in [0.05, 0.1) is 22.7 Å². The number of hydrogen-bond donors (Lipinski definition) is 0. The minimum absolute atomic E-state index is 0.178. The van der Waals surface area contributed by atoms with E-state index in [1.54, 1.807) is 0 Å². The molecular formula is C19H22N4O. The number of benzene rings is 2. The van der Waals surface area contributed by atoms with Crippen molar-refractivity contribution < 1.29 is 4.79 Å². The van der Waals surface area contributed by atoms with Crippen molar-refractivity contribution in [2.45, 2.75) is 12.3 Å². The fourth-order valence-corrected chi connectivity index (χ4v) is 4.06. The zero-order valence-electron chi connectivity index (χ0n) is 14.5. The van der Waals surface area contributed by atoms with Crippen LogP contribution in [0.2, 0.25) is 0 Å². The Kier molecular flexibility index (Phi) is 3.20. The number of rotatable bonds is 2. The lowest BCUT2D eigenvalue weighted by molar-refractivity contribution is -0.121. The van der Waals surface area contributed by atoms with Crippen LogP contribution < -0.4 is 19.6 Å². The topological polar surface area (TPSA) is 30.0 Å². The average molecular weight is 322 g/mol. The van der Waals surface area contributed by atoms with Gasteiger partial charge < -0.3 is 19.6 Å². The Hall–Kier alpha value is -2.69. The molecule has 0 N–H and O–H groups in total. The fraction of sp³-hybridized carbons (Fsp3) is 0.316. The zero-order valence-corrected chi connectivity index (χ0v) is 14.5. The van der Waals surface area contributed by atoms with Crippen molar-refractivity contribution in [3.05, 3.63) is 48.5 Å². The Balaban J connectivity index is 1.69. The van der Waals surface area contributed by atoms with Gasteiger partial charge in [-0.3, -0.25) is 4.79 Å². The molecule has 0 bridgehead atoms. The number of ketones is 1. The number of nitrogens with zero attached hydrogens (tertiary/aromatic N) is 4. The molecule has 24 heavy (non-hydrogen) atoms. The van der Waals surface area contributed by atoms with E-state index in [9.17, 15) is 4.79 Å². The first kappa shape index (κ1) is 14.9. The molecule has 5 heteroatoms. The van der Waals surface area contributed by atoms with Crippen LogP contribution in [0.3, 0.4) is 0 Å². The lowest BCUT2D eigenvalue weighted by Crippen LogP contribution is -2.57. The van der Waals surface area contributed by atoms with E-state index in [0.717, 1.165) is 22.7 Å². The van der Waals surface area contributed by atoms with Gasteiger partial charge in [0, 0.05) is 28.2 Å². The Morgan fingerprint density at radius 2 is 0.875 bits per heavy atom. The van der Waals surface area contributed by atoms with Gasteiger partial charge in [0.1, 0.15) is 0 Å². The molecule has 124 valence electrons. The molecule has 0 atom stereocenters. The number of anilines is 4. The van der Waals surface area contributed by atoms with E-state index in [-0.39, 0.29) is 18.1 Å². The molecule has 2 heterocycles. The van der Waals surface area contributed by atoms with Gasteiger partial charge in [-0.25, -0.2) is 0 Å². The molecular weight excluding hydrogens is 300 g/mol. The Morgan fingerprint density at radius 1 is 0.625 bits per heavy atom. The summed E-state index contributed by atoms with van der Waals surface area (Å²) in [6, 6.07) is 16.3. The molecule has 2 aliphatic rings. The van der Waals surface area contributed by atoms with Crippen LogP contribution in [0, 0.1) is 0 Å². The number of likely N-dealkylation sites (N-methyl/N-ethyl adjacent to an activating group) is 4. The predicted octanol–water partition coefficient (Wildman–Crippen LogP) is 2.38. The van der Waals surface area contributed by atoms with Gasteiger partial charge in [-0.15, -0.1) is 0 Å². The lowest BCUT2D eigenvalue weighted by atomic mass is 10.2. The maximum Gasteiger partial charge on any atom is 0.218 e. The van der Waals surface area contributed by atoms with Crippen LogP contribution in [0.25, 0.3) is 0 Å². The number of Topliss-reactive ketones (excluding diaryl/α,β-unsaturated/α-hetero) is 1. The van der Waals surface area contributed by atoms with Crippen molar-refractivity contribution in [1.29, 1.82) is 0 Å². The molecule has 0 amide bonds. The van der Waals surface area contributed by atoms with Crippen molar-refractivity contribution in [3.8, 4) is 0 Å². The maximum atomic E-state index is 13.5. The second-order valence-corrected chi connectivity index (χ2v) is 6.57. The van der Waals surface area contributed by atoms with E-state index >= 15 is 0 Å². The average Bonchev–Trinajstić information content (AvgIpc) is 3.00. The molecule has 2 aromatic carbocycles. The second kappa shape index (κ2) is 5.16. The number of hydrogen-bond acceptors (Lipinski definition) is 5. The van der Waals surface area contributed by atoms with Crippen LogP contribution >= 0.6 is 0 Å². The Labute approximate surface area is 142 Å². The van der Waals surface area contributed by atoms with Gasteiger partial charge in [0.2, 0.25) is 5.78 Å². The first-order valence-corrected chi connectivity index (χ1v) is 8.15. The van der Waals surface area contributed by atoms with Gasteiger partial charge in [0.25, 0.3) is 0 Å².